The standard InChI is InChI=1S/C18H17ClO4/c1-21-16-9-7-13(8-10-18(20)22-2)11-17(16)23-12-14-5-3-4-6-15(14)19/h3-11H,12H2,1-2H3/b10-8+. The van der Waals surface area contributed by atoms with Crippen LogP contribution in [0.5, 0.6) is 11.5 Å². The first-order valence-electron chi connectivity index (χ1n) is 6.94. The van der Waals surface area contributed by atoms with E-state index in [4.69, 9.17) is 21.1 Å². The molecule has 0 radical (unpaired) electrons. The Labute approximate surface area is 140 Å². The molecule has 0 heterocycles. The molecular weight excluding hydrogens is 316 g/mol. The maximum Gasteiger partial charge on any atom is 0.330 e. The molecule has 0 saturated carbocycles. The lowest BCUT2D eigenvalue weighted by atomic mass is 10.2. The van der Waals surface area contributed by atoms with Gasteiger partial charge in [-0.05, 0) is 29.8 Å². The van der Waals surface area contributed by atoms with E-state index in [1.807, 2.05) is 30.3 Å². The van der Waals surface area contributed by atoms with Gasteiger partial charge in [-0.25, -0.2) is 4.79 Å². The molecule has 0 amide bonds. The van der Waals surface area contributed by atoms with Gasteiger partial charge in [0, 0.05) is 16.7 Å². The summed E-state index contributed by atoms with van der Waals surface area (Å²) in [6.07, 6.45) is 2.99. The van der Waals surface area contributed by atoms with Crippen molar-refractivity contribution in [2.75, 3.05) is 14.2 Å². The van der Waals surface area contributed by atoms with E-state index >= 15 is 0 Å². The molecule has 0 saturated heterocycles. The smallest absolute Gasteiger partial charge is 0.330 e. The molecule has 0 atom stereocenters. The second-order valence-corrected chi connectivity index (χ2v) is 5.05. The maximum absolute atomic E-state index is 11.2. The molecule has 120 valence electrons. The summed E-state index contributed by atoms with van der Waals surface area (Å²) in [7, 11) is 2.90. The Morgan fingerprint density at radius 1 is 1.13 bits per heavy atom. The second kappa shape index (κ2) is 8.25. The number of esters is 1. The Bertz CT molecular complexity index is 710. The van der Waals surface area contributed by atoms with Crippen molar-refractivity contribution in [3.05, 3.63) is 64.7 Å². The van der Waals surface area contributed by atoms with Crippen molar-refractivity contribution in [2.45, 2.75) is 6.61 Å². The lowest BCUT2D eigenvalue weighted by Crippen LogP contribution is -1.99. The van der Waals surface area contributed by atoms with Crippen LogP contribution in [-0.2, 0) is 16.1 Å². The molecular formula is C18H17ClO4. The third-order valence-electron chi connectivity index (χ3n) is 3.14. The number of hydrogen-bond donors (Lipinski definition) is 0. The zero-order valence-electron chi connectivity index (χ0n) is 12.9. The molecule has 2 rings (SSSR count). The predicted molar refractivity (Wildman–Crippen MR) is 89.8 cm³/mol. The highest BCUT2D eigenvalue weighted by atomic mass is 35.5. The number of benzene rings is 2. The van der Waals surface area contributed by atoms with Crippen molar-refractivity contribution in [3.63, 3.8) is 0 Å². The Kier molecular flexibility index (Phi) is 6.06. The van der Waals surface area contributed by atoms with Gasteiger partial charge in [-0.3, -0.25) is 0 Å². The van der Waals surface area contributed by atoms with E-state index in [0.717, 1.165) is 11.1 Å². The Morgan fingerprint density at radius 2 is 1.91 bits per heavy atom. The molecule has 2 aromatic carbocycles. The zero-order valence-corrected chi connectivity index (χ0v) is 13.7. The van der Waals surface area contributed by atoms with Gasteiger partial charge in [0.1, 0.15) is 6.61 Å². The van der Waals surface area contributed by atoms with Crippen molar-refractivity contribution in [1.29, 1.82) is 0 Å². The zero-order chi connectivity index (χ0) is 16.7. The van der Waals surface area contributed by atoms with Crippen LogP contribution in [0.25, 0.3) is 6.08 Å². The number of halogens is 1. The van der Waals surface area contributed by atoms with Crippen molar-refractivity contribution in [1.82, 2.24) is 0 Å². The van der Waals surface area contributed by atoms with Gasteiger partial charge < -0.3 is 14.2 Å². The van der Waals surface area contributed by atoms with Crippen LogP contribution in [-0.4, -0.2) is 20.2 Å². The van der Waals surface area contributed by atoms with E-state index in [9.17, 15) is 4.79 Å². The minimum absolute atomic E-state index is 0.320. The average molecular weight is 333 g/mol. The van der Waals surface area contributed by atoms with Crippen LogP contribution in [0.4, 0.5) is 0 Å². The fourth-order valence-electron chi connectivity index (χ4n) is 1.91. The number of methoxy groups -OCH3 is 2. The Morgan fingerprint density at radius 3 is 2.61 bits per heavy atom. The first kappa shape index (κ1) is 16.9. The van der Waals surface area contributed by atoms with E-state index in [1.165, 1.54) is 13.2 Å². The van der Waals surface area contributed by atoms with Crippen LogP contribution in [0.2, 0.25) is 5.02 Å². The summed E-state index contributed by atoms with van der Waals surface area (Å²) in [5, 5.41) is 0.646. The van der Waals surface area contributed by atoms with Gasteiger partial charge in [0.25, 0.3) is 0 Å². The minimum atomic E-state index is -0.417. The van der Waals surface area contributed by atoms with E-state index < -0.39 is 5.97 Å². The number of rotatable bonds is 6. The summed E-state index contributed by atoms with van der Waals surface area (Å²) < 4.78 is 15.7. The second-order valence-electron chi connectivity index (χ2n) is 4.65. The fraction of sp³-hybridized carbons (Fsp3) is 0.167. The molecule has 0 bridgehead atoms. The number of ether oxygens (including phenoxy) is 3. The Balaban J connectivity index is 2.17. The maximum atomic E-state index is 11.2. The van der Waals surface area contributed by atoms with Crippen molar-refractivity contribution in [3.8, 4) is 11.5 Å². The molecule has 0 spiro atoms. The molecule has 0 aliphatic heterocycles. The van der Waals surface area contributed by atoms with Crippen molar-refractivity contribution in [2.24, 2.45) is 0 Å². The summed E-state index contributed by atoms with van der Waals surface area (Å²) >= 11 is 6.12. The van der Waals surface area contributed by atoms with Crippen molar-refractivity contribution >= 4 is 23.6 Å². The highest BCUT2D eigenvalue weighted by Gasteiger charge is 2.07. The molecule has 0 fully saturated rings. The predicted octanol–water partition coefficient (Wildman–Crippen LogP) is 4.11. The molecule has 23 heavy (non-hydrogen) atoms. The molecule has 0 aliphatic carbocycles. The van der Waals surface area contributed by atoms with Crippen LogP contribution in [0.1, 0.15) is 11.1 Å². The third kappa shape index (κ3) is 4.76. The van der Waals surface area contributed by atoms with Crippen LogP contribution in [0.15, 0.2) is 48.5 Å². The molecule has 0 N–H and O–H groups in total. The molecule has 0 unspecified atom stereocenters. The van der Waals surface area contributed by atoms with E-state index in [-0.39, 0.29) is 0 Å². The van der Waals surface area contributed by atoms with Crippen molar-refractivity contribution < 1.29 is 19.0 Å². The third-order valence-corrected chi connectivity index (χ3v) is 3.51. The van der Waals surface area contributed by atoms with Gasteiger partial charge in [-0.1, -0.05) is 35.9 Å². The summed E-state index contributed by atoms with van der Waals surface area (Å²) in [4.78, 5) is 11.2. The number of hydrogen-bond acceptors (Lipinski definition) is 4. The average Bonchev–Trinajstić information content (AvgIpc) is 2.59. The first-order chi connectivity index (χ1) is 11.1. The minimum Gasteiger partial charge on any atom is -0.493 e. The topological polar surface area (TPSA) is 44.8 Å². The summed E-state index contributed by atoms with van der Waals surface area (Å²) in [5.41, 5.74) is 1.68. The highest BCUT2D eigenvalue weighted by Crippen LogP contribution is 2.30. The SMILES string of the molecule is COC(=O)/C=C/c1ccc(OC)c(OCc2ccccc2Cl)c1. The molecule has 2 aromatic rings. The van der Waals surface area contributed by atoms with Crippen LogP contribution >= 0.6 is 11.6 Å². The summed E-state index contributed by atoms with van der Waals surface area (Å²) in [5.74, 6) is 0.756. The largest absolute Gasteiger partial charge is 0.493 e. The van der Waals surface area contributed by atoms with Gasteiger partial charge in [-0.2, -0.15) is 0 Å². The van der Waals surface area contributed by atoms with Gasteiger partial charge in [0.15, 0.2) is 11.5 Å². The lowest BCUT2D eigenvalue weighted by molar-refractivity contribution is -0.134. The fourth-order valence-corrected chi connectivity index (χ4v) is 2.10. The van der Waals surface area contributed by atoms with Gasteiger partial charge in [-0.15, -0.1) is 0 Å². The lowest BCUT2D eigenvalue weighted by Gasteiger charge is -2.12. The first-order valence-corrected chi connectivity index (χ1v) is 7.32. The van der Waals surface area contributed by atoms with E-state index in [1.54, 1.807) is 25.3 Å². The van der Waals surface area contributed by atoms with E-state index in [0.29, 0.717) is 23.1 Å². The number of carbonyl (C=O) groups is 1. The highest BCUT2D eigenvalue weighted by molar-refractivity contribution is 6.31. The van der Waals surface area contributed by atoms with Gasteiger partial charge in [0.05, 0.1) is 14.2 Å². The molecule has 5 heteroatoms. The quantitative estimate of drug-likeness (QED) is 0.590. The molecule has 4 nitrogen and oxygen atoms in total. The molecule has 0 aliphatic rings. The van der Waals surface area contributed by atoms with Crippen LogP contribution in [0, 0.1) is 0 Å². The number of carbonyl (C=O) groups excluding carboxylic acids is 1. The molecule has 0 aromatic heterocycles. The normalized spacial score (nSPS) is 10.6. The van der Waals surface area contributed by atoms with Gasteiger partial charge >= 0.3 is 5.97 Å². The van der Waals surface area contributed by atoms with Crippen LogP contribution < -0.4 is 9.47 Å². The van der Waals surface area contributed by atoms with E-state index in [2.05, 4.69) is 4.74 Å². The summed E-state index contributed by atoms with van der Waals surface area (Å²) in [6, 6.07) is 12.9. The Hall–Kier alpha value is -2.46. The monoisotopic (exact) mass is 332 g/mol. The van der Waals surface area contributed by atoms with Crippen LogP contribution in [0.3, 0.4) is 0 Å². The summed E-state index contributed by atoms with van der Waals surface area (Å²) in [6.45, 7) is 0.320. The van der Waals surface area contributed by atoms with Gasteiger partial charge in [0.2, 0.25) is 0 Å².